The van der Waals surface area contributed by atoms with Crippen LogP contribution in [0, 0.1) is 10.1 Å². The van der Waals surface area contributed by atoms with Crippen molar-refractivity contribution in [2.75, 3.05) is 18.5 Å². The van der Waals surface area contributed by atoms with Crippen LogP contribution in [-0.4, -0.2) is 28.2 Å². The van der Waals surface area contributed by atoms with Crippen LogP contribution in [0.25, 0.3) is 11.1 Å². The molecule has 2 aromatic rings. The van der Waals surface area contributed by atoms with Gasteiger partial charge < -0.3 is 14.8 Å². The Morgan fingerprint density at radius 1 is 1.59 bits per heavy atom. The minimum Gasteiger partial charge on any atom is -0.423 e. The van der Waals surface area contributed by atoms with Crippen molar-refractivity contribution < 1.29 is 14.4 Å². The number of aliphatic hydroxyl groups excluding tert-OH is 1. The number of oxazole rings is 1. The largest absolute Gasteiger partial charge is 0.423 e. The molecule has 0 aliphatic rings. The van der Waals surface area contributed by atoms with Crippen molar-refractivity contribution in [3.8, 4) is 0 Å². The van der Waals surface area contributed by atoms with E-state index in [1.54, 1.807) is 0 Å². The van der Waals surface area contributed by atoms with Crippen molar-refractivity contribution in [3.05, 3.63) is 26.7 Å². The highest BCUT2D eigenvalue weighted by atomic mass is 79.9. The van der Waals surface area contributed by atoms with E-state index < -0.39 is 4.92 Å². The molecule has 0 aliphatic carbocycles. The summed E-state index contributed by atoms with van der Waals surface area (Å²) in [7, 11) is 0. The number of nitro groups is 1. The van der Waals surface area contributed by atoms with E-state index in [9.17, 15) is 10.1 Å². The zero-order chi connectivity index (χ0) is 12.4. The molecule has 0 aliphatic heterocycles. The molecule has 0 fully saturated rings. The Labute approximate surface area is 104 Å². The van der Waals surface area contributed by atoms with Crippen molar-refractivity contribution >= 4 is 38.7 Å². The molecule has 2 N–H and O–H groups in total. The summed E-state index contributed by atoms with van der Waals surface area (Å²) in [6, 6.07) is 2.88. The quantitative estimate of drug-likeness (QED) is 0.660. The van der Waals surface area contributed by atoms with Crippen molar-refractivity contribution in [2.45, 2.75) is 0 Å². The number of aliphatic hydroxyl groups is 1. The number of non-ortho nitro benzene ring substituents is 1. The SMILES string of the molecule is O=[N+]([O-])c1cc(Br)c2nc(NCCO)oc2c1. The third-order valence-electron chi connectivity index (χ3n) is 2.03. The van der Waals surface area contributed by atoms with Gasteiger partial charge >= 0.3 is 0 Å². The molecule has 0 saturated carbocycles. The Balaban J connectivity index is 2.45. The number of hydrogen-bond donors (Lipinski definition) is 2. The molecule has 0 saturated heterocycles. The molecule has 90 valence electrons. The summed E-state index contributed by atoms with van der Waals surface area (Å²) in [6.45, 7) is 0.243. The maximum atomic E-state index is 10.6. The van der Waals surface area contributed by atoms with Gasteiger partial charge in [-0.05, 0) is 15.9 Å². The molecule has 17 heavy (non-hydrogen) atoms. The fraction of sp³-hybridized carbons (Fsp3) is 0.222. The van der Waals surface area contributed by atoms with Gasteiger partial charge in [-0.2, -0.15) is 4.98 Å². The molecule has 0 unspecified atom stereocenters. The number of nitrogens with one attached hydrogen (secondary N) is 1. The molecule has 1 aromatic heterocycles. The van der Waals surface area contributed by atoms with Gasteiger partial charge in [0.1, 0.15) is 5.52 Å². The van der Waals surface area contributed by atoms with Crippen LogP contribution in [0.1, 0.15) is 0 Å². The second kappa shape index (κ2) is 4.68. The molecule has 0 radical (unpaired) electrons. The first kappa shape index (κ1) is 11.8. The maximum absolute atomic E-state index is 10.6. The van der Waals surface area contributed by atoms with Gasteiger partial charge in [0, 0.05) is 12.6 Å². The van der Waals surface area contributed by atoms with Gasteiger partial charge in [0.15, 0.2) is 5.58 Å². The highest BCUT2D eigenvalue weighted by molar-refractivity contribution is 9.10. The second-order valence-electron chi connectivity index (χ2n) is 3.20. The van der Waals surface area contributed by atoms with Crippen LogP contribution in [0.4, 0.5) is 11.7 Å². The molecule has 8 heteroatoms. The molecule has 1 heterocycles. The van der Waals surface area contributed by atoms with Crippen molar-refractivity contribution in [1.82, 2.24) is 4.98 Å². The van der Waals surface area contributed by atoms with E-state index in [4.69, 9.17) is 9.52 Å². The van der Waals surface area contributed by atoms with Gasteiger partial charge in [0.25, 0.3) is 11.7 Å². The Morgan fingerprint density at radius 3 is 3.00 bits per heavy atom. The summed E-state index contributed by atoms with van der Waals surface area (Å²) in [5, 5.41) is 22.0. The first-order chi connectivity index (χ1) is 8.11. The van der Waals surface area contributed by atoms with E-state index >= 15 is 0 Å². The highest BCUT2D eigenvalue weighted by Gasteiger charge is 2.15. The standard InChI is InChI=1S/C9H8BrN3O4/c10-6-3-5(13(15)16)4-7-8(6)12-9(17-7)11-1-2-14/h3-4,14H,1-2H2,(H,11,12). The molecule has 0 spiro atoms. The van der Waals surface area contributed by atoms with Gasteiger partial charge in [-0.15, -0.1) is 0 Å². The van der Waals surface area contributed by atoms with E-state index in [0.717, 1.165) is 0 Å². The number of aromatic nitrogens is 1. The number of halogens is 1. The Hall–Kier alpha value is -1.67. The average molecular weight is 302 g/mol. The molecule has 1 aromatic carbocycles. The summed E-state index contributed by atoms with van der Waals surface area (Å²) in [5.41, 5.74) is 0.733. The number of hydrogen-bond acceptors (Lipinski definition) is 6. The lowest BCUT2D eigenvalue weighted by Crippen LogP contribution is -2.05. The first-order valence-corrected chi connectivity index (χ1v) is 5.50. The van der Waals surface area contributed by atoms with Crippen LogP contribution in [0.5, 0.6) is 0 Å². The summed E-state index contributed by atoms with van der Waals surface area (Å²) >= 11 is 3.19. The minimum absolute atomic E-state index is 0.0555. The highest BCUT2D eigenvalue weighted by Crippen LogP contribution is 2.30. The zero-order valence-corrected chi connectivity index (χ0v) is 10.1. The fourth-order valence-electron chi connectivity index (χ4n) is 1.32. The second-order valence-corrected chi connectivity index (χ2v) is 4.06. The summed E-state index contributed by atoms with van der Waals surface area (Å²) in [4.78, 5) is 14.2. The van der Waals surface area contributed by atoms with Gasteiger partial charge in [-0.25, -0.2) is 0 Å². The number of anilines is 1. The molecular weight excluding hydrogens is 294 g/mol. The van der Waals surface area contributed by atoms with Crippen molar-refractivity contribution in [3.63, 3.8) is 0 Å². The Kier molecular flexibility index (Phi) is 3.25. The number of nitro benzene ring substituents is 1. The van der Waals surface area contributed by atoms with Crippen molar-refractivity contribution in [1.29, 1.82) is 0 Å². The lowest BCUT2D eigenvalue weighted by atomic mass is 10.3. The molecular formula is C9H8BrN3O4. The van der Waals surface area contributed by atoms with Crippen molar-refractivity contribution in [2.24, 2.45) is 0 Å². The van der Waals surface area contributed by atoms with Gasteiger partial charge in [-0.3, -0.25) is 10.1 Å². The lowest BCUT2D eigenvalue weighted by Gasteiger charge is -1.94. The van der Waals surface area contributed by atoms with E-state index in [-0.39, 0.29) is 18.3 Å². The van der Waals surface area contributed by atoms with Gasteiger partial charge in [0.2, 0.25) is 0 Å². The van der Waals surface area contributed by atoms with Crippen LogP contribution < -0.4 is 5.32 Å². The Bertz CT molecular complexity index is 569. The van der Waals surface area contributed by atoms with Crippen LogP contribution in [0.2, 0.25) is 0 Å². The topological polar surface area (TPSA) is 101 Å². The number of benzene rings is 1. The Morgan fingerprint density at radius 2 is 2.35 bits per heavy atom. The maximum Gasteiger partial charge on any atom is 0.295 e. The normalized spacial score (nSPS) is 10.7. The first-order valence-electron chi connectivity index (χ1n) is 4.71. The van der Waals surface area contributed by atoms with E-state index in [0.29, 0.717) is 22.1 Å². The summed E-state index contributed by atoms with van der Waals surface area (Å²) < 4.78 is 5.76. The van der Waals surface area contributed by atoms with Crippen LogP contribution in [-0.2, 0) is 0 Å². The number of nitrogens with zero attached hydrogens (tertiary/aromatic N) is 2. The van der Waals surface area contributed by atoms with Gasteiger partial charge in [-0.1, -0.05) is 0 Å². The minimum atomic E-state index is -0.506. The summed E-state index contributed by atoms with van der Waals surface area (Å²) in [5.74, 6) is 0. The summed E-state index contributed by atoms with van der Waals surface area (Å²) in [6.07, 6.45) is 0. The predicted molar refractivity (Wildman–Crippen MR) is 63.9 cm³/mol. The third-order valence-corrected chi connectivity index (χ3v) is 2.64. The smallest absolute Gasteiger partial charge is 0.295 e. The molecule has 0 bridgehead atoms. The van der Waals surface area contributed by atoms with E-state index in [1.165, 1.54) is 12.1 Å². The molecule has 7 nitrogen and oxygen atoms in total. The molecule has 2 rings (SSSR count). The van der Waals surface area contributed by atoms with Crippen LogP contribution in [0.3, 0.4) is 0 Å². The van der Waals surface area contributed by atoms with Crippen LogP contribution >= 0.6 is 15.9 Å². The number of rotatable bonds is 4. The lowest BCUT2D eigenvalue weighted by molar-refractivity contribution is -0.384. The van der Waals surface area contributed by atoms with Gasteiger partial charge in [0.05, 0.1) is 22.1 Å². The van der Waals surface area contributed by atoms with Crippen LogP contribution in [0.15, 0.2) is 21.0 Å². The predicted octanol–water partition coefficient (Wildman–Crippen LogP) is 1.90. The zero-order valence-electron chi connectivity index (χ0n) is 8.51. The van der Waals surface area contributed by atoms with E-state index in [1.807, 2.05) is 0 Å². The fourth-order valence-corrected chi connectivity index (χ4v) is 1.84. The third kappa shape index (κ3) is 2.37. The molecule has 0 amide bonds. The van der Waals surface area contributed by atoms with E-state index in [2.05, 4.69) is 26.2 Å². The molecule has 0 atom stereocenters. The monoisotopic (exact) mass is 301 g/mol. The number of fused-ring (bicyclic) bond motifs is 1. The average Bonchev–Trinajstić information content (AvgIpc) is 2.69.